The molecule has 0 aliphatic carbocycles. The number of hydrogen-bond acceptors (Lipinski definition) is 20. The van der Waals surface area contributed by atoms with Crippen LogP contribution in [0.1, 0.15) is 147 Å². The molecule has 0 saturated carbocycles. The smallest absolute Gasteiger partial charge is 0.356 e. The van der Waals surface area contributed by atoms with E-state index in [1.54, 1.807) is 121 Å². The number of hydrogen-bond donors (Lipinski definition) is 5. The van der Waals surface area contributed by atoms with Crippen molar-refractivity contribution in [2.24, 2.45) is 0 Å². The number of ketones is 5. The Morgan fingerprint density at radius 3 is 0.624 bits per heavy atom. The molecule has 0 spiro atoms. The van der Waals surface area contributed by atoms with Crippen LogP contribution < -0.4 is 23.7 Å². The summed E-state index contributed by atoms with van der Waals surface area (Å²) < 4.78 is 69.9. The van der Waals surface area contributed by atoms with Crippen molar-refractivity contribution in [2.75, 3.05) is 32.7 Å². The fourth-order valence-corrected chi connectivity index (χ4v) is 39.0. The van der Waals surface area contributed by atoms with Crippen molar-refractivity contribution in [3.05, 3.63) is 149 Å². The van der Waals surface area contributed by atoms with E-state index < -0.39 is 99.7 Å². The summed E-state index contributed by atoms with van der Waals surface area (Å²) in [6.45, 7) is 25.3. The van der Waals surface area contributed by atoms with Gasteiger partial charge >= 0.3 is 42.8 Å². The van der Waals surface area contributed by atoms with Gasteiger partial charge in [0.05, 0.1) is 26.4 Å². The summed E-state index contributed by atoms with van der Waals surface area (Å²) in [4.78, 5) is 64.5. The van der Waals surface area contributed by atoms with Gasteiger partial charge in [-0.05, 0) is 273 Å². The van der Waals surface area contributed by atoms with Crippen molar-refractivity contribution in [1.29, 1.82) is 0 Å². The summed E-state index contributed by atoms with van der Waals surface area (Å²) in [5.41, 5.74) is -6.17. The van der Waals surface area contributed by atoms with Gasteiger partial charge in [0.1, 0.15) is 63.0 Å². The molecule has 1 saturated heterocycles. The zero-order valence-electron chi connectivity index (χ0n) is 56.6. The molecular formula is C68H96O20Si5. The third-order valence-electron chi connectivity index (χ3n) is 15.2. The lowest BCUT2D eigenvalue weighted by Gasteiger charge is -2.50. The fourth-order valence-electron chi connectivity index (χ4n) is 10.7. The third kappa shape index (κ3) is 23.2. The highest BCUT2D eigenvalue weighted by atomic mass is 28.5. The van der Waals surface area contributed by atoms with Crippen LogP contribution in [-0.2, 0) is 20.6 Å². The van der Waals surface area contributed by atoms with Gasteiger partial charge in [-0.25, -0.2) is 0 Å². The van der Waals surface area contributed by atoms with E-state index in [2.05, 4.69) is 0 Å². The molecule has 1 aliphatic rings. The normalized spacial score (nSPS) is 21.7. The number of ether oxygens (including phenoxy) is 5. The first-order chi connectivity index (χ1) is 43.0. The van der Waals surface area contributed by atoms with Crippen LogP contribution in [0.2, 0.25) is 56.9 Å². The Labute approximate surface area is 553 Å². The number of carbonyl (C=O) groups is 5. The molecule has 20 nitrogen and oxygen atoms in total. The Bertz CT molecular complexity index is 3130. The Morgan fingerprint density at radius 2 is 0.452 bits per heavy atom. The molecule has 5 aromatic carbocycles. The van der Waals surface area contributed by atoms with E-state index in [1.807, 2.05) is 32.7 Å². The molecule has 0 aromatic heterocycles. The van der Waals surface area contributed by atoms with E-state index in [0.29, 0.717) is 106 Å². The summed E-state index contributed by atoms with van der Waals surface area (Å²) in [6.07, 6.45) is 1.77. The molecule has 508 valence electrons. The SMILES string of the molecule is CC(C)(O)C(=O)c1ccc(OCCC[Si]2(C)O[Si](C)(CCCOc3ccc(C(=O)C(C)(C)O)cc3)O[Si](C)(CCCOc3ccc(C(=O)C(C)(C)O)cc3)O[Si](C)(COc3ccc(C(=O)C(C)(C)O)cc3)O[Si](C)(CCCOc3ccc(C(=O)C(C)(C)O)cc3)O2)cc1. The summed E-state index contributed by atoms with van der Waals surface area (Å²) in [5, 5.41) is 52.0. The summed E-state index contributed by atoms with van der Waals surface area (Å²) >= 11 is 0. The number of rotatable bonds is 33. The van der Waals surface area contributed by atoms with Gasteiger partial charge in [-0.3, -0.25) is 24.0 Å². The molecule has 5 aromatic rings. The van der Waals surface area contributed by atoms with Crippen LogP contribution in [-0.4, -0.2) is 158 Å². The van der Waals surface area contributed by atoms with Crippen LogP contribution in [0.4, 0.5) is 0 Å². The van der Waals surface area contributed by atoms with Crippen molar-refractivity contribution in [2.45, 2.75) is 180 Å². The van der Waals surface area contributed by atoms with E-state index in [0.717, 1.165) is 0 Å². The van der Waals surface area contributed by atoms with Crippen molar-refractivity contribution in [3.8, 4) is 28.7 Å². The molecule has 93 heavy (non-hydrogen) atoms. The lowest BCUT2D eigenvalue weighted by atomic mass is 9.97. The van der Waals surface area contributed by atoms with Crippen LogP contribution in [0.3, 0.4) is 0 Å². The van der Waals surface area contributed by atoms with Crippen LogP contribution in [0.15, 0.2) is 121 Å². The molecule has 5 N–H and O–H groups in total. The Hall–Kier alpha value is -5.87. The lowest BCUT2D eigenvalue weighted by molar-refractivity contribution is 0.0487. The van der Waals surface area contributed by atoms with E-state index >= 15 is 0 Å². The van der Waals surface area contributed by atoms with Crippen LogP contribution in [0, 0.1) is 0 Å². The first-order valence-electron chi connectivity index (χ1n) is 31.5. The van der Waals surface area contributed by atoms with Gasteiger partial charge in [-0.1, -0.05) is 0 Å². The predicted octanol–water partition coefficient (Wildman–Crippen LogP) is 11.7. The molecule has 0 amide bonds. The average molecular weight is 1370 g/mol. The minimum Gasteiger partial charge on any atom is -0.494 e. The summed E-state index contributed by atoms with van der Waals surface area (Å²) in [5.74, 6) is 0.324. The maximum Gasteiger partial charge on any atom is 0.356 e. The van der Waals surface area contributed by atoms with Crippen molar-refractivity contribution < 1.29 is 93.8 Å². The van der Waals surface area contributed by atoms with E-state index in [-0.39, 0.29) is 32.7 Å². The number of aliphatic hydroxyl groups is 5. The van der Waals surface area contributed by atoms with Crippen LogP contribution >= 0.6 is 0 Å². The number of benzene rings is 5. The first kappa shape index (κ1) is 76.2. The molecule has 25 heteroatoms. The molecule has 0 radical (unpaired) electrons. The van der Waals surface area contributed by atoms with Gasteiger partial charge in [0, 0.05) is 27.8 Å². The summed E-state index contributed by atoms with van der Waals surface area (Å²) in [6, 6.07) is 34.5. The number of Topliss-reactive ketones (excluding diaryl/α,β-unsaturated/α-hetero) is 5. The van der Waals surface area contributed by atoms with E-state index in [4.69, 9.17) is 44.3 Å². The van der Waals surface area contributed by atoms with Gasteiger partial charge in [-0.15, -0.1) is 0 Å². The lowest BCUT2D eigenvalue weighted by Crippen LogP contribution is -2.68. The zero-order valence-corrected chi connectivity index (χ0v) is 61.6. The minimum atomic E-state index is -3.73. The van der Waals surface area contributed by atoms with E-state index in [9.17, 15) is 49.5 Å². The third-order valence-corrected chi connectivity index (χ3v) is 38.2. The monoisotopic (exact) mass is 1370 g/mol. The van der Waals surface area contributed by atoms with Crippen molar-refractivity contribution in [1.82, 2.24) is 0 Å². The second kappa shape index (κ2) is 30.9. The van der Waals surface area contributed by atoms with Gasteiger partial charge in [0.2, 0.25) is 0 Å². The quantitative estimate of drug-likeness (QED) is 0.0148. The standard InChI is InChI=1S/C68H96O20Si5/c1-64(2,74)59(69)49-20-30-54(31-21-49)79-40-16-44-89(11)84-90(12,45-17-41-80-55-32-22-50(23-33-55)60(70)65(3,4)75)86-92(14,47-19-43-82-57-36-26-52(27-37-57)62(72)67(7,8)77)88-93(15,48-83-58-38-28-53(29-39-58)63(73)68(9,10)78)87-91(13,85-89)46-18-42-81-56-34-24-51(25-35-56)61(71)66(5,6)76/h20-39,74-78H,16-19,40-48H2,1-15H3. The van der Waals surface area contributed by atoms with Gasteiger partial charge in [0.15, 0.2) is 28.9 Å². The Kier molecular flexibility index (Phi) is 25.3. The second-order valence-electron chi connectivity index (χ2n) is 27.3. The highest BCUT2D eigenvalue weighted by Gasteiger charge is 2.57. The van der Waals surface area contributed by atoms with Gasteiger partial charge in [-0.2, -0.15) is 0 Å². The molecule has 4 atom stereocenters. The molecular weight excluding hydrogens is 1280 g/mol. The van der Waals surface area contributed by atoms with Crippen molar-refractivity contribution in [3.63, 3.8) is 0 Å². The Balaban J connectivity index is 1.38. The van der Waals surface area contributed by atoms with Crippen LogP contribution in [0.25, 0.3) is 0 Å². The van der Waals surface area contributed by atoms with Gasteiger partial charge < -0.3 is 69.8 Å². The second-order valence-corrected chi connectivity index (χ2v) is 45.0. The van der Waals surface area contributed by atoms with E-state index in [1.165, 1.54) is 69.2 Å². The number of carbonyl (C=O) groups excluding carboxylic acids is 5. The largest absolute Gasteiger partial charge is 0.494 e. The van der Waals surface area contributed by atoms with Crippen LogP contribution in [0.5, 0.6) is 28.7 Å². The fraction of sp³-hybridized carbons (Fsp3) is 0.485. The summed E-state index contributed by atoms with van der Waals surface area (Å²) in [7, 11) is -17.9. The topological polar surface area (TPSA) is 279 Å². The molecule has 6 rings (SSSR count). The van der Waals surface area contributed by atoms with Gasteiger partial charge in [0.25, 0.3) is 0 Å². The zero-order chi connectivity index (χ0) is 69.1. The predicted molar refractivity (Wildman–Crippen MR) is 364 cm³/mol. The minimum absolute atomic E-state index is 0.0540. The molecule has 1 heterocycles. The molecule has 4 unspecified atom stereocenters. The first-order valence-corrected chi connectivity index (χ1v) is 44.1. The average Bonchev–Trinajstić information content (AvgIpc) is 0.802. The maximum atomic E-state index is 13.1. The molecule has 0 bridgehead atoms. The highest BCUT2D eigenvalue weighted by Crippen LogP contribution is 2.39. The molecule has 1 aliphatic heterocycles. The highest BCUT2D eigenvalue weighted by molar-refractivity contribution is 6.94. The molecule has 1 fully saturated rings. The Morgan fingerprint density at radius 1 is 0.290 bits per heavy atom. The van der Waals surface area contributed by atoms with Crippen molar-refractivity contribution >= 4 is 71.7 Å². The maximum absolute atomic E-state index is 13.1.